The van der Waals surface area contributed by atoms with Gasteiger partial charge in [-0.3, -0.25) is 4.79 Å². The highest BCUT2D eigenvalue weighted by Gasteiger charge is 2.35. The number of nitrogens with zero attached hydrogens (tertiary/aromatic N) is 1. The Kier molecular flexibility index (Phi) is 2.44. The number of rotatable bonds is 1. The van der Waals surface area contributed by atoms with Crippen LogP contribution in [0, 0.1) is 0 Å². The lowest BCUT2D eigenvalue weighted by Gasteiger charge is -2.22. The average Bonchev–Trinajstić information content (AvgIpc) is 2.71. The summed E-state index contributed by atoms with van der Waals surface area (Å²) in [6.45, 7) is 2.56. The summed E-state index contributed by atoms with van der Waals surface area (Å²) in [5, 5.41) is 9.39. The summed E-state index contributed by atoms with van der Waals surface area (Å²) in [5.41, 5.74) is 4.75. The van der Waals surface area contributed by atoms with E-state index in [4.69, 9.17) is 0 Å². The zero-order chi connectivity index (χ0) is 12.0. The first kappa shape index (κ1) is 10.8. The van der Waals surface area contributed by atoms with Crippen LogP contribution in [0.3, 0.4) is 0 Å². The maximum absolute atomic E-state index is 11.6. The summed E-state index contributed by atoms with van der Waals surface area (Å²) in [7, 11) is 0. The van der Waals surface area contributed by atoms with Gasteiger partial charge >= 0.3 is 0 Å². The van der Waals surface area contributed by atoms with E-state index in [1.54, 1.807) is 6.92 Å². The van der Waals surface area contributed by atoms with Crippen molar-refractivity contribution < 1.29 is 9.90 Å². The van der Waals surface area contributed by atoms with Crippen LogP contribution in [0.2, 0.25) is 0 Å². The molecule has 1 unspecified atom stereocenters. The molecule has 3 nitrogen and oxygen atoms in total. The van der Waals surface area contributed by atoms with E-state index >= 15 is 0 Å². The molecule has 0 fully saturated rings. The van der Waals surface area contributed by atoms with Gasteiger partial charge in [-0.2, -0.15) is 0 Å². The van der Waals surface area contributed by atoms with E-state index in [1.807, 2.05) is 17.0 Å². The lowest BCUT2D eigenvalue weighted by Crippen LogP contribution is -2.26. The number of hydrogen-bond donors (Lipinski definition) is 1. The molecule has 2 aliphatic rings. The molecule has 0 bridgehead atoms. The van der Waals surface area contributed by atoms with Crippen molar-refractivity contribution >= 4 is 11.6 Å². The van der Waals surface area contributed by atoms with E-state index in [0.29, 0.717) is 5.92 Å². The highest BCUT2D eigenvalue weighted by molar-refractivity contribution is 5.94. The van der Waals surface area contributed by atoms with E-state index in [-0.39, 0.29) is 12.5 Å². The van der Waals surface area contributed by atoms with Gasteiger partial charge < -0.3 is 10.0 Å². The Morgan fingerprint density at radius 1 is 1.53 bits per heavy atom. The molecule has 1 aliphatic heterocycles. The number of carbonyl (C=O) groups excluding carboxylic acids is 1. The minimum Gasteiger partial charge on any atom is -0.392 e. The molecule has 3 rings (SSSR count). The summed E-state index contributed by atoms with van der Waals surface area (Å²) >= 11 is 0. The van der Waals surface area contributed by atoms with Crippen LogP contribution in [0.15, 0.2) is 12.1 Å². The highest BCUT2D eigenvalue weighted by atomic mass is 16.3. The maximum atomic E-state index is 11.6. The predicted octanol–water partition coefficient (Wildman–Crippen LogP) is 1.97. The van der Waals surface area contributed by atoms with Crippen LogP contribution in [-0.2, 0) is 17.8 Å². The van der Waals surface area contributed by atoms with Crippen LogP contribution < -0.4 is 4.90 Å². The van der Waals surface area contributed by atoms with E-state index in [0.717, 1.165) is 24.2 Å². The first-order valence-electron chi connectivity index (χ1n) is 6.26. The Balaban J connectivity index is 2.17. The lowest BCUT2D eigenvalue weighted by molar-refractivity contribution is -0.116. The van der Waals surface area contributed by atoms with Crippen molar-refractivity contribution in [3.05, 3.63) is 28.8 Å². The first-order valence-corrected chi connectivity index (χ1v) is 6.26. The van der Waals surface area contributed by atoms with Crippen molar-refractivity contribution in [3.63, 3.8) is 0 Å². The molecule has 3 heteroatoms. The summed E-state index contributed by atoms with van der Waals surface area (Å²) in [6.07, 6.45) is 3.37. The zero-order valence-corrected chi connectivity index (χ0v) is 10.1. The molecule has 0 spiro atoms. The van der Waals surface area contributed by atoms with Crippen LogP contribution in [0.5, 0.6) is 0 Å². The fourth-order valence-corrected chi connectivity index (χ4v) is 3.30. The van der Waals surface area contributed by atoms with Gasteiger partial charge in [0.15, 0.2) is 0 Å². The van der Waals surface area contributed by atoms with Gasteiger partial charge in [0.1, 0.15) is 0 Å². The summed E-state index contributed by atoms with van der Waals surface area (Å²) < 4.78 is 0. The number of carbonyl (C=O) groups is 1. The molecule has 0 saturated carbocycles. The molecule has 0 saturated heterocycles. The van der Waals surface area contributed by atoms with Gasteiger partial charge in [0.2, 0.25) is 5.91 Å². The molecule has 17 heavy (non-hydrogen) atoms. The number of aliphatic hydroxyl groups excluding tert-OH is 1. The molecule has 90 valence electrons. The van der Waals surface area contributed by atoms with E-state index in [1.165, 1.54) is 24.0 Å². The fourth-order valence-electron chi connectivity index (χ4n) is 3.30. The summed E-state index contributed by atoms with van der Waals surface area (Å²) in [5.74, 6) is 0.613. The number of amides is 1. The number of anilines is 1. The third-order valence-electron chi connectivity index (χ3n) is 4.06. The van der Waals surface area contributed by atoms with Crippen molar-refractivity contribution in [2.75, 3.05) is 11.4 Å². The topological polar surface area (TPSA) is 40.5 Å². The Bertz CT molecular complexity index is 481. The molecule has 0 radical (unpaired) electrons. The van der Waals surface area contributed by atoms with Crippen LogP contribution in [0.25, 0.3) is 0 Å². The minimum atomic E-state index is 0.107. The first-order chi connectivity index (χ1) is 8.22. The van der Waals surface area contributed by atoms with Crippen LogP contribution in [0.4, 0.5) is 5.69 Å². The van der Waals surface area contributed by atoms with E-state index in [9.17, 15) is 9.90 Å². The van der Waals surface area contributed by atoms with Gasteiger partial charge in [-0.05, 0) is 42.0 Å². The maximum Gasteiger partial charge on any atom is 0.223 e. The summed E-state index contributed by atoms with van der Waals surface area (Å²) in [4.78, 5) is 13.5. The van der Waals surface area contributed by atoms with Gasteiger partial charge in [0, 0.05) is 25.1 Å². The molecule has 1 aromatic carbocycles. The van der Waals surface area contributed by atoms with E-state index < -0.39 is 0 Å². The smallest absolute Gasteiger partial charge is 0.223 e. The molecular formula is C14H17NO2. The van der Waals surface area contributed by atoms with Crippen molar-refractivity contribution in [1.29, 1.82) is 0 Å². The third kappa shape index (κ3) is 1.49. The second kappa shape index (κ2) is 3.84. The van der Waals surface area contributed by atoms with Gasteiger partial charge in [-0.15, -0.1) is 0 Å². The van der Waals surface area contributed by atoms with Gasteiger partial charge in [-0.1, -0.05) is 6.07 Å². The molecule has 1 aromatic rings. The fraction of sp³-hybridized carbons (Fsp3) is 0.500. The van der Waals surface area contributed by atoms with Crippen LogP contribution >= 0.6 is 0 Å². The second-order valence-corrected chi connectivity index (χ2v) is 5.01. The van der Waals surface area contributed by atoms with Gasteiger partial charge in [0.05, 0.1) is 6.61 Å². The van der Waals surface area contributed by atoms with Crippen molar-refractivity contribution in [2.45, 2.75) is 38.7 Å². The molecular weight excluding hydrogens is 214 g/mol. The number of aliphatic hydroxyl groups is 1. The Morgan fingerprint density at radius 2 is 2.35 bits per heavy atom. The third-order valence-corrected chi connectivity index (χ3v) is 4.06. The SMILES string of the molecule is CC(=O)N1CC2CCCc3c(CO)ccc1c32. The van der Waals surface area contributed by atoms with Crippen molar-refractivity contribution in [3.8, 4) is 0 Å². The molecule has 1 heterocycles. The Hall–Kier alpha value is -1.35. The van der Waals surface area contributed by atoms with Crippen molar-refractivity contribution in [1.82, 2.24) is 0 Å². The second-order valence-electron chi connectivity index (χ2n) is 5.01. The number of hydrogen-bond acceptors (Lipinski definition) is 2. The van der Waals surface area contributed by atoms with Crippen LogP contribution in [-0.4, -0.2) is 17.6 Å². The Morgan fingerprint density at radius 3 is 3.06 bits per heavy atom. The van der Waals surface area contributed by atoms with E-state index in [2.05, 4.69) is 0 Å². The summed E-state index contributed by atoms with van der Waals surface area (Å²) in [6, 6.07) is 3.97. The molecule has 1 atom stereocenters. The predicted molar refractivity (Wildman–Crippen MR) is 66.1 cm³/mol. The largest absolute Gasteiger partial charge is 0.392 e. The van der Waals surface area contributed by atoms with Gasteiger partial charge in [-0.25, -0.2) is 0 Å². The molecule has 1 amide bonds. The normalized spacial score (nSPS) is 21.5. The molecule has 0 aromatic heterocycles. The average molecular weight is 231 g/mol. The van der Waals surface area contributed by atoms with Crippen LogP contribution in [0.1, 0.15) is 42.4 Å². The quantitative estimate of drug-likeness (QED) is 0.802. The Labute approximate surface area is 101 Å². The standard InChI is InChI=1S/C14H17NO2/c1-9(17)15-7-10-3-2-4-12-11(8-16)5-6-13(15)14(10)12/h5-6,10,16H,2-4,7-8H2,1H3. The minimum absolute atomic E-state index is 0.107. The zero-order valence-electron chi connectivity index (χ0n) is 10.1. The van der Waals surface area contributed by atoms with Crippen molar-refractivity contribution in [2.24, 2.45) is 0 Å². The molecule has 1 N–H and O–H groups in total. The highest BCUT2D eigenvalue weighted by Crippen LogP contribution is 2.45. The monoisotopic (exact) mass is 231 g/mol. The lowest BCUT2D eigenvalue weighted by atomic mass is 9.82. The molecule has 1 aliphatic carbocycles. The van der Waals surface area contributed by atoms with Gasteiger partial charge in [0.25, 0.3) is 0 Å². The number of benzene rings is 1.